The van der Waals surface area contributed by atoms with Gasteiger partial charge >= 0.3 is 0 Å². The Balaban J connectivity index is 2.08. The van der Waals surface area contributed by atoms with Gasteiger partial charge in [-0.25, -0.2) is 0 Å². The summed E-state index contributed by atoms with van der Waals surface area (Å²) in [5.74, 6) is 0. The van der Waals surface area contributed by atoms with Gasteiger partial charge < -0.3 is 0 Å². The fourth-order valence-corrected chi connectivity index (χ4v) is 9.50. The Bertz CT molecular complexity index is 249. The van der Waals surface area contributed by atoms with E-state index < -0.39 is 0 Å². The zero-order valence-corrected chi connectivity index (χ0v) is 14.7. The molecule has 0 amide bonds. The van der Waals surface area contributed by atoms with Crippen molar-refractivity contribution in [1.29, 1.82) is 0 Å². The zero-order valence-electron chi connectivity index (χ0n) is 10.4. The van der Waals surface area contributed by atoms with Crippen LogP contribution in [0.1, 0.15) is 65.2 Å². The molecule has 0 nitrogen and oxygen atoms in total. The van der Waals surface area contributed by atoms with Gasteiger partial charge in [-0.05, 0) is 36.5 Å². The molecule has 0 radical (unpaired) electrons. The molecule has 0 N–H and O–H groups in total. The van der Waals surface area contributed by atoms with E-state index in [1.54, 1.807) is 0 Å². The molecule has 92 valence electrons. The third kappa shape index (κ3) is 1.05. The van der Waals surface area contributed by atoms with Gasteiger partial charge in [0, 0.05) is 6.84 Å². The van der Waals surface area contributed by atoms with Crippen molar-refractivity contribution in [3.8, 4) is 0 Å². The van der Waals surface area contributed by atoms with Crippen molar-refractivity contribution in [1.82, 2.24) is 0 Å². The van der Waals surface area contributed by atoms with E-state index in [2.05, 4.69) is 59.0 Å². The molecule has 0 aromatic rings. The molecule has 16 heavy (non-hydrogen) atoms. The first kappa shape index (κ1) is 12.5. The number of hydrogen-bond acceptors (Lipinski definition) is 0. The molecule has 2 heteroatoms. The Labute approximate surface area is 127 Å². The third-order valence-corrected chi connectivity index (χ3v) is 12.8. The zero-order chi connectivity index (χ0) is 11.7. The highest BCUT2D eigenvalue weighted by Gasteiger charge is 2.81. The Hall–Kier alpha value is 1.46. The number of alkyl halides is 2. The Kier molecular flexibility index (Phi) is 2.74. The Morgan fingerprint density at radius 3 is 1.31 bits per heavy atom. The van der Waals surface area contributed by atoms with Gasteiger partial charge in [0.15, 0.2) is 0 Å². The lowest BCUT2D eigenvalue weighted by molar-refractivity contribution is -0.165. The van der Waals surface area contributed by atoms with Crippen LogP contribution in [0.5, 0.6) is 0 Å². The second-order valence-electron chi connectivity index (χ2n) is 6.68. The fraction of sp³-hybridized carbons (Fsp3) is 1.00. The van der Waals surface area contributed by atoms with Crippen LogP contribution in [0.4, 0.5) is 0 Å². The summed E-state index contributed by atoms with van der Waals surface area (Å²) < 4.78 is 1.21. The van der Waals surface area contributed by atoms with Gasteiger partial charge in [-0.1, -0.05) is 84.7 Å². The van der Waals surface area contributed by atoms with E-state index in [1.807, 2.05) is 0 Å². The molecule has 0 saturated heterocycles. The molecule has 3 saturated carbocycles. The second kappa shape index (κ2) is 3.51. The summed E-state index contributed by atoms with van der Waals surface area (Å²) in [5.41, 5.74) is 1.25. The quantitative estimate of drug-likeness (QED) is 0.342. The largest absolute Gasteiger partial charge is 0.0768 e. The van der Waals surface area contributed by atoms with Gasteiger partial charge in [0.2, 0.25) is 0 Å². The number of halogens is 2. The molecular formula is C14H22I2. The predicted molar refractivity (Wildman–Crippen MR) is 86.7 cm³/mol. The van der Waals surface area contributed by atoms with Crippen LogP contribution in [0.3, 0.4) is 0 Å². The van der Waals surface area contributed by atoms with Crippen LogP contribution in [0.15, 0.2) is 0 Å². The van der Waals surface area contributed by atoms with Crippen LogP contribution in [0.2, 0.25) is 0 Å². The second-order valence-corrected chi connectivity index (χ2v) is 10.4. The average Bonchev–Trinajstić information content (AvgIpc) is 2.26. The molecule has 3 aliphatic rings. The van der Waals surface area contributed by atoms with E-state index in [-0.39, 0.29) is 0 Å². The molecule has 0 aromatic carbocycles. The van der Waals surface area contributed by atoms with Gasteiger partial charge in [0.25, 0.3) is 0 Å². The highest BCUT2D eigenvalue weighted by atomic mass is 127. The number of fused-ring (bicyclic) bond motifs is 4. The van der Waals surface area contributed by atoms with Crippen LogP contribution in [-0.2, 0) is 0 Å². The van der Waals surface area contributed by atoms with Crippen molar-refractivity contribution in [2.24, 2.45) is 10.8 Å². The lowest BCUT2D eigenvalue weighted by Gasteiger charge is -2.80. The molecule has 0 aliphatic heterocycles. The summed E-state index contributed by atoms with van der Waals surface area (Å²) in [4.78, 5) is 0. The highest BCUT2D eigenvalue weighted by molar-refractivity contribution is 14.1. The van der Waals surface area contributed by atoms with Gasteiger partial charge in [-0.15, -0.1) is 0 Å². The van der Waals surface area contributed by atoms with Gasteiger partial charge in [0.1, 0.15) is 0 Å². The molecule has 0 spiro atoms. The maximum atomic E-state index is 2.87. The van der Waals surface area contributed by atoms with E-state index in [9.17, 15) is 0 Å². The van der Waals surface area contributed by atoms with Crippen LogP contribution in [-0.4, -0.2) is 6.84 Å². The summed E-state index contributed by atoms with van der Waals surface area (Å²) in [6.07, 6.45) is 11.8. The normalized spacial score (nSPS) is 60.8. The van der Waals surface area contributed by atoms with Crippen LogP contribution < -0.4 is 0 Å². The van der Waals surface area contributed by atoms with E-state index in [1.165, 1.54) is 51.4 Å². The molecule has 4 atom stereocenters. The third-order valence-electron chi connectivity index (χ3n) is 6.49. The Morgan fingerprint density at radius 2 is 0.938 bits per heavy atom. The molecule has 0 heterocycles. The number of rotatable bonds is 0. The minimum absolute atomic E-state index is 0.603. The lowest BCUT2D eigenvalue weighted by Crippen LogP contribution is -2.81. The van der Waals surface area contributed by atoms with Crippen LogP contribution in [0.25, 0.3) is 0 Å². The van der Waals surface area contributed by atoms with E-state index >= 15 is 0 Å². The van der Waals surface area contributed by atoms with E-state index in [4.69, 9.17) is 0 Å². The first-order valence-corrected chi connectivity index (χ1v) is 8.95. The molecule has 3 rings (SSSR count). The summed E-state index contributed by atoms with van der Waals surface area (Å²) in [7, 11) is 0. The minimum atomic E-state index is 0.603. The lowest BCUT2D eigenvalue weighted by atomic mass is 9.33. The molecule has 0 bridgehead atoms. The van der Waals surface area contributed by atoms with Crippen molar-refractivity contribution >= 4 is 45.2 Å². The minimum Gasteiger partial charge on any atom is -0.0768 e. The number of hydrogen-bond donors (Lipinski definition) is 0. The van der Waals surface area contributed by atoms with Gasteiger partial charge in [0.05, 0.1) is 0 Å². The standard InChI is InChI=1S/C14H22I2/c1-11-7-3-5-9-13(11,15)14(16)10-6-4-8-12(11,14)2/h3-10H2,1-2H3. The van der Waals surface area contributed by atoms with Crippen molar-refractivity contribution in [2.45, 2.75) is 72.1 Å². The van der Waals surface area contributed by atoms with E-state index in [0.717, 1.165) is 0 Å². The van der Waals surface area contributed by atoms with Gasteiger partial charge in [-0.3, -0.25) is 0 Å². The molecule has 4 unspecified atom stereocenters. The van der Waals surface area contributed by atoms with Crippen molar-refractivity contribution < 1.29 is 0 Å². The van der Waals surface area contributed by atoms with Crippen LogP contribution in [0, 0.1) is 10.8 Å². The summed E-state index contributed by atoms with van der Waals surface area (Å²) in [6.45, 7) is 5.22. The van der Waals surface area contributed by atoms with Crippen molar-refractivity contribution in [3.63, 3.8) is 0 Å². The molecule has 0 aromatic heterocycles. The summed E-state index contributed by atoms with van der Waals surface area (Å²) in [5, 5.41) is 0. The first-order valence-electron chi connectivity index (χ1n) is 6.79. The first-order chi connectivity index (χ1) is 7.41. The highest BCUT2D eigenvalue weighted by Crippen LogP contribution is 2.83. The maximum absolute atomic E-state index is 2.87. The SMILES string of the molecule is CC12CCCCC1(I)C1(I)CCCCC21C. The van der Waals surface area contributed by atoms with Crippen molar-refractivity contribution in [3.05, 3.63) is 0 Å². The molecule has 3 aliphatic carbocycles. The maximum Gasteiger partial charge on any atom is 0.0432 e. The van der Waals surface area contributed by atoms with Crippen molar-refractivity contribution in [2.75, 3.05) is 0 Å². The smallest absolute Gasteiger partial charge is 0.0432 e. The predicted octanol–water partition coefficient (Wildman–Crippen LogP) is 5.51. The van der Waals surface area contributed by atoms with E-state index in [0.29, 0.717) is 17.7 Å². The Morgan fingerprint density at radius 1 is 0.625 bits per heavy atom. The summed E-state index contributed by atoms with van der Waals surface area (Å²) in [6, 6.07) is 0. The summed E-state index contributed by atoms with van der Waals surface area (Å²) >= 11 is 5.75. The molecule has 3 fully saturated rings. The monoisotopic (exact) mass is 444 g/mol. The van der Waals surface area contributed by atoms with Crippen LogP contribution >= 0.6 is 45.2 Å². The topological polar surface area (TPSA) is 0 Å². The molecular weight excluding hydrogens is 422 g/mol. The average molecular weight is 444 g/mol. The fourth-order valence-electron chi connectivity index (χ4n) is 5.28. The van der Waals surface area contributed by atoms with Gasteiger partial charge in [-0.2, -0.15) is 0 Å².